The van der Waals surface area contributed by atoms with Gasteiger partial charge in [-0.2, -0.15) is 0 Å². The molecule has 0 aliphatic rings. The largest absolute Gasteiger partial charge is 0.386 e. The number of anilines is 1. The second-order valence-electron chi connectivity index (χ2n) is 6.29. The molecule has 132 valence electrons. The number of hydrogen-bond acceptors (Lipinski definition) is 5. The number of aromatic nitrogens is 4. The van der Waals surface area contributed by atoms with E-state index in [1.165, 1.54) is 0 Å². The van der Waals surface area contributed by atoms with Crippen LogP contribution in [-0.4, -0.2) is 26.6 Å². The highest BCUT2D eigenvalue weighted by molar-refractivity contribution is 6.07. The average Bonchev–Trinajstić information content (AvgIpc) is 3.23. The zero-order valence-electron chi connectivity index (χ0n) is 14.8. The SMILES string of the molecule is C=C(N)NCc1cccc(-c2cc3c(nc(NC)c4ncn(C)c43)[nH]2)c1. The molecule has 0 unspecified atom stereocenters. The first-order chi connectivity index (χ1) is 12.6. The number of imidazole rings is 1. The third-order valence-electron chi connectivity index (χ3n) is 4.43. The minimum Gasteiger partial charge on any atom is -0.386 e. The summed E-state index contributed by atoms with van der Waals surface area (Å²) in [6.07, 6.45) is 1.81. The molecule has 0 aliphatic carbocycles. The number of H-pyrrole nitrogens is 1. The minimum absolute atomic E-state index is 0.461. The number of aromatic amines is 1. The Labute approximate surface area is 150 Å². The maximum absolute atomic E-state index is 5.59. The quantitative estimate of drug-likeness (QED) is 0.445. The second-order valence-corrected chi connectivity index (χ2v) is 6.29. The number of aryl methyl sites for hydroxylation is 1. The molecule has 3 aromatic heterocycles. The summed E-state index contributed by atoms with van der Waals surface area (Å²) in [5.74, 6) is 1.23. The summed E-state index contributed by atoms with van der Waals surface area (Å²) in [6, 6.07) is 10.4. The number of benzene rings is 1. The molecule has 0 fully saturated rings. The van der Waals surface area contributed by atoms with Gasteiger partial charge in [0.15, 0.2) is 5.82 Å². The highest BCUT2D eigenvalue weighted by Gasteiger charge is 2.15. The van der Waals surface area contributed by atoms with Gasteiger partial charge >= 0.3 is 0 Å². The van der Waals surface area contributed by atoms with Crippen molar-refractivity contribution in [2.24, 2.45) is 12.8 Å². The molecule has 5 N–H and O–H groups in total. The van der Waals surface area contributed by atoms with Crippen LogP contribution in [-0.2, 0) is 13.6 Å². The van der Waals surface area contributed by atoms with Gasteiger partial charge in [-0.25, -0.2) is 9.97 Å². The van der Waals surface area contributed by atoms with Crippen LogP contribution in [0.1, 0.15) is 5.56 Å². The van der Waals surface area contributed by atoms with Gasteiger partial charge < -0.3 is 25.9 Å². The summed E-state index contributed by atoms with van der Waals surface area (Å²) in [5.41, 5.74) is 11.6. The van der Waals surface area contributed by atoms with Crippen LogP contribution >= 0.6 is 0 Å². The number of nitrogens with zero attached hydrogens (tertiary/aromatic N) is 3. The molecule has 7 nitrogen and oxygen atoms in total. The van der Waals surface area contributed by atoms with E-state index in [0.717, 1.165) is 44.7 Å². The Morgan fingerprint density at radius 2 is 2.19 bits per heavy atom. The van der Waals surface area contributed by atoms with Gasteiger partial charge in [-0.05, 0) is 23.3 Å². The van der Waals surface area contributed by atoms with Crippen LogP contribution in [0.2, 0.25) is 0 Å². The number of rotatable bonds is 5. The fourth-order valence-electron chi connectivity index (χ4n) is 3.19. The third kappa shape index (κ3) is 2.63. The van der Waals surface area contributed by atoms with Crippen LogP contribution in [0.25, 0.3) is 33.3 Å². The molecular formula is C19H21N7. The average molecular weight is 347 g/mol. The molecule has 0 bridgehead atoms. The van der Waals surface area contributed by atoms with Crippen molar-refractivity contribution >= 4 is 27.9 Å². The first kappa shape index (κ1) is 16.0. The van der Waals surface area contributed by atoms with Gasteiger partial charge in [0.2, 0.25) is 0 Å². The van der Waals surface area contributed by atoms with Crippen LogP contribution in [0.5, 0.6) is 0 Å². The van der Waals surface area contributed by atoms with Crippen LogP contribution in [0.15, 0.2) is 49.1 Å². The Hall–Kier alpha value is -3.48. The molecule has 0 saturated carbocycles. The Balaban J connectivity index is 1.83. The van der Waals surface area contributed by atoms with E-state index in [4.69, 9.17) is 5.73 Å². The van der Waals surface area contributed by atoms with Gasteiger partial charge in [-0.1, -0.05) is 24.8 Å². The number of fused-ring (bicyclic) bond motifs is 3. The Morgan fingerprint density at radius 3 is 2.96 bits per heavy atom. The topological polar surface area (TPSA) is 96.6 Å². The van der Waals surface area contributed by atoms with E-state index in [0.29, 0.717) is 12.4 Å². The van der Waals surface area contributed by atoms with E-state index in [9.17, 15) is 0 Å². The van der Waals surface area contributed by atoms with E-state index >= 15 is 0 Å². The van der Waals surface area contributed by atoms with Gasteiger partial charge in [0.1, 0.15) is 11.2 Å². The predicted octanol–water partition coefficient (Wildman–Crippen LogP) is 2.68. The first-order valence-electron chi connectivity index (χ1n) is 8.36. The van der Waals surface area contributed by atoms with Crippen LogP contribution in [0, 0.1) is 0 Å². The van der Waals surface area contributed by atoms with Crippen molar-refractivity contribution in [3.05, 3.63) is 54.6 Å². The molecule has 0 amide bonds. The summed E-state index contributed by atoms with van der Waals surface area (Å²) >= 11 is 0. The monoisotopic (exact) mass is 347 g/mol. The van der Waals surface area contributed by atoms with Crippen molar-refractivity contribution in [2.45, 2.75) is 6.54 Å². The molecule has 0 spiro atoms. The summed E-state index contributed by atoms with van der Waals surface area (Å²) < 4.78 is 2.02. The smallest absolute Gasteiger partial charge is 0.156 e. The summed E-state index contributed by atoms with van der Waals surface area (Å²) in [5, 5.41) is 7.23. The number of pyridine rings is 1. The lowest BCUT2D eigenvalue weighted by Gasteiger charge is -2.06. The second kappa shape index (κ2) is 6.11. The number of nitrogens with two attached hydrogens (primary N) is 1. The highest BCUT2D eigenvalue weighted by Crippen LogP contribution is 2.31. The summed E-state index contributed by atoms with van der Waals surface area (Å²) in [4.78, 5) is 12.6. The standard InChI is InChI=1S/C19H21N7/c1-11(20)22-9-12-5-4-6-13(7-12)15-8-14-17-16(23-10-26(17)3)19(21-2)25-18(14)24-15/h4-8,10,22H,1,9,20H2,2-3H3,(H2,21,24,25). The zero-order chi connectivity index (χ0) is 18.3. The van der Waals surface area contributed by atoms with Crippen molar-refractivity contribution in [2.75, 3.05) is 12.4 Å². The number of hydrogen-bond donors (Lipinski definition) is 4. The lowest BCUT2D eigenvalue weighted by atomic mass is 10.1. The van der Waals surface area contributed by atoms with Gasteiger partial charge in [-0.3, -0.25) is 0 Å². The minimum atomic E-state index is 0.461. The van der Waals surface area contributed by atoms with E-state index in [1.54, 1.807) is 0 Å². The molecule has 3 heterocycles. The predicted molar refractivity (Wildman–Crippen MR) is 106 cm³/mol. The molecule has 0 atom stereocenters. The van der Waals surface area contributed by atoms with Crippen molar-refractivity contribution in [3.63, 3.8) is 0 Å². The molecule has 4 aromatic rings. The van der Waals surface area contributed by atoms with E-state index in [2.05, 4.69) is 56.4 Å². The molecule has 0 radical (unpaired) electrons. The maximum Gasteiger partial charge on any atom is 0.156 e. The van der Waals surface area contributed by atoms with Crippen molar-refractivity contribution < 1.29 is 0 Å². The molecular weight excluding hydrogens is 326 g/mol. The van der Waals surface area contributed by atoms with Crippen LogP contribution in [0.3, 0.4) is 0 Å². The number of nitrogens with one attached hydrogen (secondary N) is 3. The molecule has 26 heavy (non-hydrogen) atoms. The molecule has 0 aliphatic heterocycles. The first-order valence-corrected chi connectivity index (χ1v) is 8.36. The Morgan fingerprint density at radius 1 is 1.35 bits per heavy atom. The summed E-state index contributed by atoms with van der Waals surface area (Å²) in [7, 11) is 3.85. The fraction of sp³-hybridized carbons (Fsp3) is 0.158. The normalized spacial score (nSPS) is 11.2. The van der Waals surface area contributed by atoms with Crippen molar-refractivity contribution in [3.8, 4) is 11.3 Å². The third-order valence-corrected chi connectivity index (χ3v) is 4.43. The zero-order valence-corrected chi connectivity index (χ0v) is 14.8. The van der Waals surface area contributed by atoms with E-state index in [-0.39, 0.29) is 0 Å². The van der Waals surface area contributed by atoms with Crippen molar-refractivity contribution in [1.29, 1.82) is 0 Å². The fourth-order valence-corrected chi connectivity index (χ4v) is 3.19. The van der Waals surface area contributed by atoms with E-state index < -0.39 is 0 Å². The lowest BCUT2D eigenvalue weighted by Crippen LogP contribution is -2.17. The maximum atomic E-state index is 5.59. The van der Waals surface area contributed by atoms with Gasteiger partial charge in [0, 0.05) is 31.7 Å². The Bertz CT molecular complexity index is 1120. The molecule has 7 heteroatoms. The van der Waals surface area contributed by atoms with Gasteiger partial charge in [-0.15, -0.1) is 0 Å². The van der Waals surface area contributed by atoms with Crippen LogP contribution < -0.4 is 16.4 Å². The molecule has 1 aromatic carbocycles. The van der Waals surface area contributed by atoms with Crippen LogP contribution in [0.4, 0.5) is 5.82 Å². The lowest BCUT2D eigenvalue weighted by molar-refractivity contribution is 0.804. The highest BCUT2D eigenvalue weighted by atomic mass is 15.1. The van der Waals surface area contributed by atoms with Crippen molar-refractivity contribution in [1.82, 2.24) is 24.8 Å². The molecule has 4 rings (SSSR count). The van der Waals surface area contributed by atoms with E-state index in [1.807, 2.05) is 31.1 Å². The summed E-state index contributed by atoms with van der Waals surface area (Å²) in [6.45, 7) is 4.30. The molecule has 0 saturated heterocycles. The Kier molecular flexibility index (Phi) is 3.76. The van der Waals surface area contributed by atoms with Gasteiger partial charge in [0.05, 0.1) is 17.7 Å². The van der Waals surface area contributed by atoms with Gasteiger partial charge in [0.25, 0.3) is 0 Å².